The number of aryl methyl sites for hydroxylation is 1. The van der Waals surface area contributed by atoms with E-state index < -0.39 is 0 Å². The molecule has 0 radical (unpaired) electrons. The Labute approximate surface area is 184 Å². The van der Waals surface area contributed by atoms with Crippen molar-refractivity contribution in [2.45, 2.75) is 65.1 Å². The maximum Gasteiger partial charge on any atom is 0.192 e. The van der Waals surface area contributed by atoms with Gasteiger partial charge < -0.3 is 10.6 Å². The molecule has 1 aliphatic carbocycles. The molecule has 1 aliphatic rings. The largest absolute Gasteiger partial charge is 0.357 e. The third-order valence-corrected chi connectivity index (χ3v) is 5.15. The molecule has 2 N–H and O–H groups in total. The van der Waals surface area contributed by atoms with Gasteiger partial charge >= 0.3 is 0 Å². The number of aromatic nitrogens is 2. The summed E-state index contributed by atoms with van der Waals surface area (Å²) in [5.74, 6) is 0.530. The van der Waals surface area contributed by atoms with Crippen LogP contribution in [0.4, 0.5) is 4.39 Å². The number of guanidine groups is 1. The summed E-state index contributed by atoms with van der Waals surface area (Å²) >= 11 is 0. The Balaban J connectivity index is 0.00000280. The first-order chi connectivity index (χ1) is 13.1. The Hall–Kier alpha value is -1.64. The summed E-state index contributed by atoms with van der Waals surface area (Å²) in [6.45, 7) is 7.09. The van der Waals surface area contributed by atoms with Crippen LogP contribution in [0.25, 0.3) is 0 Å². The van der Waals surface area contributed by atoms with E-state index in [-0.39, 0.29) is 35.8 Å². The van der Waals surface area contributed by atoms with Crippen LogP contribution in [0.5, 0.6) is 0 Å². The van der Waals surface area contributed by atoms with Gasteiger partial charge in [-0.1, -0.05) is 25.0 Å². The van der Waals surface area contributed by atoms with Gasteiger partial charge in [-0.15, -0.1) is 24.0 Å². The van der Waals surface area contributed by atoms with Crippen LogP contribution in [0.3, 0.4) is 0 Å². The number of halogens is 2. The SMILES string of the molecule is CCNC(=NCc1ccn(C2CCCC2)n1)NC(C)c1ccc(C)c(F)c1.I. The summed E-state index contributed by atoms with van der Waals surface area (Å²) in [7, 11) is 0. The van der Waals surface area contributed by atoms with E-state index in [9.17, 15) is 4.39 Å². The van der Waals surface area contributed by atoms with Gasteiger partial charge in [-0.05, 0) is 56.9 Å². The predicted octanol–water partition coefficient (Wildman–Crippen LogP) is 4.88. The predicted molar refractivity (Wildman–Crippen MR) is 123 cm³/mol. The molecule has 1 aromatic carbocycles. The van der Waals surface area contributed by atoms with Crippen LogP contribution >= 0.6 is 24.0 Å². The van der Waals surface area contributed by atoms with Crippen LogP contribution in [0.15, 0.2) is 35.5 Å². The number of rotatable bonds is 6. The quantitative estimate of drug-likeness (QED) is 0.339. The molecule has 3 rings (SSSR count). The van der Waals surface area contributed by atoms with Gasteiger partial charge in [0.2, 0.25) is 0 Å². The molecular formula is C21H31FIN5. The van der Waals surface area contributed by atoms with Crippen molar-refractivity contribution in [3.05, 3.63) is 53.1 Å². The third-order valence-electron chi connectivity index (χ3n) is 5.15. The fourth-order valence-corrected chi connectivity index (χ4v) is 3.48. The zero-order valence-electron chi connectivity index (χ0n) is 16.9. The van der Waals surface area contributed by atoms with Crippen LogP contribution < -0.4 is 10.6 Å². The molecule has 0 amide bonds. The Morgan fingerprint density at radius 3 is 2.75 bits per heavy atom. The molecule has 28 heavy (non-hydrogen) atoms. The van der Waals surface area contributed by atoms with E-state index in [1.807, 2.05) is 32.0 Å². The van der Waals surface area contributed by atoms with E-state index >= 15 is 0 Å². The molecule has 1 fully saturated rings. The van der Waals surface area contributed by atoms with Crippen molar-refractivity contribution >= 4 is 29.9 Å². The highest BCUT2D eigenvalue weighted by molar-refractivity contribution is 14.0. The second kappa shape index (κ2) is 10.8. The van der Waals surface area contributed by atoms with Gasteiger partial charge in [-0.3, -0.25) is 4.68 Å². The number of hydrogen-bond acceptors (Lipinski definition) is 2. The van der Waals surface area contributed by atoms with Gasteiger partial charge in [0.1, 0.15) is 5.82 Å². The zero-order valence-corrected chi connectivity index (χ0v) is 19.2. The summed E-state index contributed by atoms with van der Waals surface area (Å²) in [6.07, 6.45) is 7.10. The van der Waals surface area contributed by atoms with Gasteiger partial charge in [0.15, 0.2) is 5.96 Å². The Morgan fingerprint density at radius 1 is 1.32 bits per heavy atom. The van der Waals surface area contributed by atoms with E-state index in [0.29, 0.717) is 24.1 Å². The smallest absolute Gasteiger partial charge is 0.192 e. The van der Waals surface area contributed by atoms with E-state index in [2.05, 4.69) is 31.6 Å². The minimum Gasteiger partial charge on any atom is -0.357 e. The monoisotopic (exact) mass is 499 g/mol. The van der Waals surface area contributed by atoms with Crippen molar-refractivity contribution in [3.63, 3.8) is 0 Å². The number of nitrogens with one attached hydrogen (secondary N) is 2. The van der Waals surface area contributed by atoms with Crippen LogP contribution in [0.1, 0.15) is 68.4 Å². The van der Waals surface area contributed by atoms with E-state index in [1.165, 1.54) is 25.7 Å². The van der Waals surface area contributed by atoms with Crippen LogP contribution in [-0.4, -0.2) is 22.3 Å². The van der Waals surface area contributed by atoms with E-state index in [1.54, 1.807) is 13.0 Å². The lowest BCUT2D eigenvalue weighted by molar-refractivity contribution is 0.463. The number of benzene rings is 1. The average molecular weight is 499 g/mol. The summed E-state index contributed by atoms with van der Waals surface area (Å²) in [5, 5.41) is 11.3. The maximum absolute atomic E-state index is 13.8. The van der Waals surface area contributed by atoms with Gasteiger partial charge in [0, 0.05) is 12.7 Å². The molecule has 0 aliphatic heterocycles. The van der Waals surface area contributed by atoms with Crippen molar-refractivity contribution in [2.24, 2.45) is 4.99 Å². The molecule has 1 heterocycles. The van der Waals surface area contributed by atoms with Gasteiger partial charge in [-0.25, -0.2) is 9.38 Å². The Bertz CT molecular complexity index is 783. The van der Waals surface area contributed by atoms with Crippen molar-refractivity contribution in [1.29, 1.82) is 0 Å². The molecule has 154 valence electrons. The number of aliphatic imine (C=N–C) groups is 1. The van der Waals surface area contributed by atoms with E-state index in [4.69, 9.17) is 0 Å². The Morgan fingerprint density at radius 2 is 2.07 bits per heavy atom. The molecular weight excluding hydrogens is 468 g/mol. The maximum atomic E-state index is 13.8. The zero-order chi connectivity index (χ0) is 19.2. The minimum absolute atomic E-state index is 0. The van der Waals surface area contributed by atoms with Gasteiger partial charge in [0.25, 0.3) is 0 Å². The first kappa shape index (κ1) is 22.6. The van der Waals surface area contributed by atoms with Crippen molar-refractivity contribution in [2.75, 3.05) is 6.54 Å². The summed E-state index contributed by atoms with van der Waals surface area (Å²) in [5.41, 5.74) is 2.52. The van der Waals surface area contributed by atoms with Crippen LogP contribution in [-0.2, 0) is 6.54 Å². The molecule has 5 nitrogen and oxygen atoms in total. The number of nitrogens with zero attached hydrogens (tertiary/aromatic N) is 3. The average Bonchev–Trinajstić information content (AvgIpc) is 3.33. The standard InChI is InChI=1S/C21H30FN5.HI/c1-4-23-21(25-16(3)17-10-9-15(2)20(22)13-17)24-14-18-11-12-27(26-18)19-7-5-6-8-19;/h9-13,16,19H,4-8,14H2,1-3H3,(H2,23,24,25);1H. The third kappa shape index (κ3) is 5.93. The molecule has 1 unspecified atom stereocenters. The van der Waals surface area contributed by atoms with Crippen molar-refractivity contribution in [3.8, 4) is 0 Å². The topological polar surface area (TPSA) is 54.2 Å². The van der Waals surface area contributed by atoms with Gasteiger partial charge in [0.05, 0.1) is 24.3 Å². The highest BCUT2D eigenvalue weighted by atomic mass is 127. The van der Waals surface area contributed by atoms with E-state index in [0.717, 1.165) is 17.8 Å². The van der Waals surface area contributed by atoms with Crippen molar-refractivity contribution < 1.29 is 4.39 Å². The first-order valence-electron chi connectivity index (χ1n) is 9.91. The van der Waals surface area contributed by atoms with Crippen LogP contribution in [0.2, 0.25) is 0 Å². The molecule has 1 saturated carbocycles. The minimum atomic E-state index is -0.180. The molecule has 1 aromatic heterocycles. The second-order valence-electron chi connectivity index (χ2n) is 7.30. The molecule has 0 saturated heterocycles. The van der Waals surface area contributed by atoms with Crippen LogP contribution in [0, 0.1) is 12.7 Å². The highest BCUT2D eigenvalue weighted by Crippen LogP contribution is 2.28. The lowest BCUT2D eigenvalue weighted by Gasteiger charge is -2.18. The normalized spacial score (nSPS) is 15.9. The number of hydrogen-bond donors (Lipinski definition) is 2. The van der Waals surface area contributed by atoms with Crippen molar-refractivity contribution in [1.82, 2.24) is 20.4 Å². The summed E-state index contributed by atoms with van der Waals surface area (Å²) in [4.78, 5) is 4.65. The summed E-state index contributed by atoms with van der Waals surface area (Å²) < 4.78 is 15.9. The molecule has 0 spiro atoms. The fraction of sp³-hybridized carbons (Fsp3) is 0.524. The fourth-order valence-electron chi connectivity index (χ4n) is 3.48. The first-order valence-corrected chi connectivity index (χ1v) is 9.91. The molecule has 2 aromatic rings. The molecule has 7 heteroatoms. The lowest BCUT2D eigenvalue weighted by Crippen LogP contribution is -2.38. The lowest BCUT2D eigenvalue weighted by atomic mass is 10.1. The summed E-state index contributed by atoms with van der Waals surface area (Å²) in [6, 6.07) is 7.88. The molecule has 0 bridgehead atoms. The highest BCUT2D eigenvalue weighted by Gasteiger charge is 2.17. The second-order valence-corrected chi connectivity index (χ2v) is 7.30. The Kier molecular flexibility index (Phi) is 8.72. The molecule has 1 atom stereocenters. The van der Waals surface area contributed by atoms with Gasteiger partial charge in [-0.2, -0.15) is 5.10 Å².